The SMILES string of the molecule is O=C(NCC(O)COc1cccc(Cl)c1Cl)C1CNNC1c1ccccc1. The molecule has 1 fully saturated rings. The van der Waals surface area contributed by atoms with Crippen LogP contribution in [0.3, 0.4) is 0 Å². The smallest absolute Gasteiger partial charge is 0.226 e. The van der Waals surface area contributed by atoms with E-state index in [1.54, 1.807) is 18.2 Å². The summed E-state index contributed by atoms with van der Waals surface area (Å²) in [5.41, 5.74) is 7.18. The van der Waals surface area contributed by atoms with Gasteiger partial charge >= 0.3 is 0 Å². The molecule has 0 aliphatic carbocycles. The fourth-order valence-corrected chi connectivity index (χ4v) is 3.25. The summed E-state index contributed by atoms with van der Waals surface area (Å²) in [6, 6.07) is 14.7. The lowest BCUT2D eigenvalue weighted by molar-refractivity contribution is -0.125. The highest BCUT2D eigenvalue weighted by atomic mass is 35.5. The van der Waals surface area contributed by atoms with Crippen molar-refractivity contribution in [1.29, 1.82) is 0 Å². The number of halogens is 2. The van der Waals surface area contributed by atoms with Gasteiger partial charge in [-0.25, -0.2) is 5.43 Å². The maximum atomic E-state index is 12.5. The summed E-state index contributed by atoms with van der Waals surface area (Å²) in [5.74, 6) is -0.0213. The second-order valence-electron chi connectivity index (χ2n) is 6.28. The maximum absolute atomic E-state index is 12.5. The monoisotopic (exact) mass is 409 g/mol. The first-order valence-corrected chi connectivity index (χ1v) is 9.37. The highest BCUT2D eigenvalue weighted by molar-refractivity contribution is 6.42. The van der Waals surface area contributed by atoms with Crippen LogP contribution in [0.15, 0.2) is 48.5 Å². The summed E-state index contributed by atoms with van der Waals surface area (Å²) in [6.07, 6.45) is -0.874. The summed E-state index contributed by atoms with van der Waals surface area (Å²) >= 11 is 12.0. The van der Waals surface area contributed by atoms with Gasteiger partial charge in [0.2, 0.25) is 5.91 Å². The molecule has 0 aromatic heterocycles. The molecule has 1 saturated heterocycles. The van der Waals surface area contributed by atoms with Gasteiger partial charge in [-0.15, -0.1) is 0 Å². The zero-order chi connectivity index (χ0) is 19.2. The standard InChI is InChI=1S/C19H21Cl2N3O3/c20-15-7-4-8-16(17(15)21)27-11-13(25)9-22-19(26)14-10-23-24-18(14)12-5-2-1-3-6-12/h1-8,13-14,18,23-25H,9-11H2,(H,22,26). The molecule has 6 nitrogen and oxygen atoms in total. The number of benzene rings is 2. The number of aliphatic hydroxyl groups is 1. The van der Waals surface area contributed by atoms with Gasteiger partial charge in [0.05, 0.1) is 17.0 Å². The Bertz CT molecular complexity index is 776. The van der Waals surface area contributed by atoms with Crippen molar-refractivity contribution in [2.24, 2.45) is 5.92 Å². The third kappa shape index (κ3) is 5.12. The van der Waals surface area contributed by atoms with Crippen LogP contribution in [0, 0.1) is 5.92 Å². The molecule has 0 saturated carbocycles. The Hall–Kier alpha value is -1.83. The molecular weight excluding hydrogens is 389 g/mol. The Balaban J connectivity index is 1.49. The molecule has 1 aliphatic rings. The van der Waals surface area contributed by atoms with Crippen LogP contribution in [0.1, 0.15) is 11.6 Å². The summed E-state index contributed by atoms with van der Waals surface area (Å²) in [7, 11) is 0. The van der Waals surface area contributed by atoms with Crippen molar-refractivity contribution in [3.05, 3.63) is 64.1 Å². The van der Waals surface area contributed by atoms with E-state index in [1.165, 1.54) is 0 Å². The first-order chi connectivity index (χ1) is 13.1. The van der Waals surface area contributed by atoms with Gasteiger partial charge in [0.15, 0.2) is 0 Å². The van der Waals surface area contributed by atoms with E-state index in [4.69, 9.17) is 27.9 Å². The minimum atomic E-state index is -0.874. The zero-order valence-electron chi connectivity index (χ0n) is 14.5. The molecule has 8 heteroatoms. The number of aliphatic hydroxyl groups excluding tert-OH is 1. The molecule has 2 aromatic carbocycles. The molecular formula is C19H21Cl2N3O3. The van der Waals surface area contributed by atoms with Crippen LogP contribution in [-0.4, -0.2) is 36.8 Å². The number of ether oxygens (including phenoxy) is 1. The number of hydrazine groups is 1. The summed E-state index contributed by atoms with van der Waals surface area (Å²) in [6.45, 7) is 0.578. The van der Waals surface area contributed by atoms with Crippen LogP contribution in [0.4, 0.5) is 0 Å². The fraction of sp³-hybridized carbons (Fsp3) is 0.316. The first-order valence-electron chi connectivity index (χ1n) is 8.62. The van der Waals surface area contributed by atoms with Gasteiger partial charge in [0, 0.05) is 13.1 Å². The summed E-state index contributed by atoms with van der Waals surface area (Å²) in [5, 5.41) is 13.6. The largest absolute Gasteiger partial charge is 0.489 e. The van der Waals surface area contributed by atoms with Gasteiger partial charge in [-0.1, -0.05) is 59.6 Å². The lowest BCUT2D eigenvalue weighted by atomic mass is 9.94. The third-order valence-electron chi connectivity index (χ3n) is 4.34. The Kier molecular flexibility index (Phi) is 6.93. The average Bonchev–Trinajstić information content (AvgIpc) is 3.18. The number of rotatable bonds is 7. The van der Waals surface area contributed by atoms with E-state index in [1.807, 2.05) is 30.3 Å². The Morgan fingerprint density at radius 2 is 2.00 bits per heavy atom. The van der Waals surface area contributed by atoms with E-state index in [0.29, 0.717) is 22.3 Å². The van der Waals surface area contributed by atoms with Crippen molar-refractivity contribution in [1.82, 2.24) is 16.2 Å². The minimum Gasteiger partial charge on any atom is -0.489 e. The lowest BCUT2D eigenvalue weighted by Gasteiger charge is -2.20. The molecule has 27 heavy (non-hydrogen) atoms. The highest BCUT2D eigenvalue weighted by Gasteiger charge is 2.33. The predicted molar refractivity (Wildman–Crippen MR) is 105 cm³/mol. The molecule has 0 radical (unpaired) electrons. The number of carbonyl (C=O) groups excluding carboxylic acids is 1. The second kappa shape index (κ2) is 9.39. The molecule has 3 unspecified atom stereocenters. The quantitative estimate of drug-likeness (QED) is 0.563. The highest BCUT2D eigenvalue weighted by Crippen LogP contribution is 2.31. The van der Waals surface area contributed by atoms with E-state index < -0.39 is 6.10 Å². The van der Waals surface area contributed by atoms with E-state index in [2.05, 4.69) is 16.2 Å². The van der Waals surface area contributed by atoms with Gasteiger partial charge in [0.25, 0.3) is 0 Å². The third-order valence-corrected chi connectivity index (χ3v) is 5.14. The molecule has 4 N–H and O–H groups in total. The van der Waals surface area contributed by atoms with Crippen molar-refractivity contribution in [2.75, 3.05) is 19.7 Å². The Morgan fingerprint density at radius 1 is 1.22 bits per heavy atom. The van der Waals surface area contributed by atoms with Gasteiger partial charge in [0.1, 0.15) is 23.5 Å². The van der Waals surface area contributed by atoms with E-state index in [0.717, 1.165) is 5.56 Å². The molecule has 0 spiro atoms. The summed E-state index contributed by atoms with van der Waals surface area (Å²) < 4.78 is 5.49. The number of hydrogen-bond donors (Lipinski definition) is 4. The average molecular weight is 410 g/mol. The molecule has 1 aliphatic heterocycles. The van der Waals surface area contributed by atoms with Crippen molar-refractivity contribution >= 4 is 29.1 Å². The van der Waals surface area contributed by atoms with Gasteiger partial charge in [-0.2, -0.15) is 0 Å². The lowest BCUT2D eigenvalue weighted by Crippen LogP contribution is -2.40. The topological polar surface area (TPSA) is 82.6 Å². The molecule has 1 heterocycles. The first kappa shape index (κ1) is 19.9. The Morgan fingerprint density at radius 3 is 2.78 bits per heavy atom. The Labute approximate surface area is 167 Å². The number of amides is 1. The molecule has 3 atom stereocenters. The van der Waals surface area contributed by atoms with Crippen LogP contribution in [0.5, 0.6) is 5.75 Å². The van der Waals surface area contributed by atoms with Crippen molar-refractivity contribution in [2.45, 2.75) is 12.1 Å². The van der Waals surface area contributed by atoms with Crippen molar-refractivity contribution in [3.8, 4) is 5.75 Å². The van der Waals surface area contributed by atoms with Crippen LogP contribution in [0.25, 0.3) is 0 Å². The molecule has 3 rings (SSSR count). The predicted octanol–water partition coefficient (Wildman–Crippen LogP) is 2.31. The molecule has 144 valence electrons. The summed E-state index contributed by atoms with van der Waals surface area (Å²) in [4.78, 5) is 12.5. The van der Waals surface area contributed by atoms with E-state index in [-0.39, 0.29) is 31.0 Å². The molecule has 2 aromatic rings. The van der Waals surface area contributed by atoms with E-state index >= 15 is 0 Å². The van der Waals surface area contributed by atoms with Crippen molar-refractivity contribution in [3.63, 3.8) is 0 Å². The fourth-order valence-electron chi connectivity index (χ4n) is 2.91. The van der Waals surface area contributed by atoms with Crippen molar-refractivity contribution < 1.29 is 14.6 Å². The van der Waals surface area contributed by atoms with Crippen LogP contribution in [0.2, 0.25) is 10.0 Å². The molecule has 1 amide bonds. The maximum Gasteiger partial charge on any atom is 0.226 e. The molecule has 0 bridgehead atoms. The number of nitrogens with one attached hydrogen (secondary N) is 3. The van der Waals surface area contributed by atoms with Crippen LogP contribution >= 0.6 is 23.2 Å². The minimum absolute atomic E-state index is 0.0103. The number of carbonyl (C=O) groups is 1. The van der Waals surface area contributed by atoms with Gasteiger partial charge in [-0.05, 0) is 17.7 Å². The zero-order valence-corrected chi connectivity index (χ0v) is 16.0. The number of hydrogen-bond acceptors (Lipinski definition) is 5. The normalized spacial score (nSPS) is 20.3. The second-order valence-corrected chi connectivity index (χ2v) is 7.07. The van der Waals surface area contributed by atoms with E-state index in [9.17, 15) is 9.90 Å². The van der Waals surface area contributed by atoms with Gasteiger partial charge < -0.3 is 15.2 Å². The van der Waals surface area contributed by atoms with Crippen LogP contribution in [-0.2, 0) is 4.79 Å². The van der Waals surface area contributed by atoms with Gasteiger partial charge in [-0.3, -0.25) is 10.2 Å². The van der Waals surface area contributed by atoms with Crippen LogP contribution < -0.4 is 20.9 Å².